The highest BCUT2D eigenvalue weighted by Gasteiger charge is 2.13. The molecule has 0 saturated carbocycles. The van der Waals surface area contributed by atoms with Gasteiger partial charge >= 0.3 is 0 Å². The van der Waals surface area contributed by atoms with Crippen molar-refractivity contribution in [3.05, 3.63) is 47.5 Å². The van der Waals surface area contributed by atoms with E-state index in [0.717, 1.165) is 12.1 Å². The smallest absolute Gasteiger partial charge is 0.272 e. The SMILES string of the molecule is CCc1cc(C(=O)NC(C)COc2ccc(F)cc2)n[nH]1. The number of aromatic nitrogens is 2. The summed E-state index contributed by atoms with van der Waals surface area (Å²) >= 11 is 0. The van der Waals surface area contributed by atoms with Crippen LogP contribution in [0.25, 0.3) is 0 Å². The molecule has 0 spiro atoms. The van der Waals surface area contributed by atoms with E-state index in [0.29, 0.717) is 18.1 Å². The van der Waals surface area contributed by atoms with Crippen LogP contribution in [0.5, 0.6) is 5.75 Å². The molecule has 112 valence electrons. The summed E-state index contributed by atoms with van der Waals surface area (Å²) in [4.78, 5) is 11.9. The predicted molar refractivity (Wildman–Crippen MR) is 76.8 cm³/mol. The van der Waals surface area contributed by atoms with Crippen LogP contribution >= 0.6 is 0 Å². The molecule has 1 aromatic carbocycles. The highest BCUT2D eigenvalue weighted by atomic mass is 19.1. The molecule has 1 amide bonds. The Hall–Kier alpha value is -2.37. The van der Waals surface area contributed by atoms with Crippen molar-refractivity contribution in [2.75, 3.05) is 6.61 Å². The maximum absolute atomic E-state index is 12.8. The monoisotopic (exact) mass is 291 g/mol. The van der Waals surface area contributed by atoms with Crippen molar-refractivity contribution >= 4 is 5.91 Å². The highest BCUT2D eigenvalue weighted by molar-refractivity contribution is 5.92. The molecular formula is C15H18FN3O2. The molecule has 1 atom stereocenters. The second-order valence-electron chi connectivity index (χ2n) is 4.77. The molecule has 2 N–H and O–H groups in total. The van der Waals surface area contributed by atoms with Gasteiger partial charge in [-0.2, -0.15) is 5.10 Å². The third kappa shape index (κ3) is 4.30. The lowest BCUT2D eigenvalue weighted by Gasteiger charge is -2.14. The van der Waals surface area contributed by atoms with Gasteiger partial charge in [-0.05, 0) is 43.7 Å². The van der Waals surface area contributed by atoms with Crippen LogP contribution in [-0.2, 0) is 6.42 Å². The van der Waals surface area contributed by atoms with E-state index in [1.807, 2.05) is 13.8 Å². The Morgan fingerprint density at radius 2 is 2.14 bits per heavy atom. The molecule has 5 nitrogen and oxygen atoms in total. The van der Waals surface area contributed by atoms with E-state index in [1.54, 1.807) is 18.2 Å². The number of ether oxygens (including phenoxy) is 1. The number of hydrogen-bond acceptors (Lipinski definition) is 3. The average Bonchev–Trinajstić information content (AvgIpc) is 2.96. The average molecular weight is 291 g/mol. The van der Waals surface area contributed by atoms with Gasteiger partial charge in [-0.15, -0.1) is 0 Å². The van der Waals surface area contributed by atoms with Crippen LogP contribution in [0.2, 0.25) is 0 Å². The number of benzene rings is 1. The summed E-state index contributed by atoms with van der Waals surface area (Å²) in [5.74, 6) is 0.000607. The van der Waals surface area contributed by atoms with Crippen molar-refractivity contribution in [1.82, 2.24) is 15.5 Å². The van der Waals surface area contributed by atoms with Crippen molar-refractivity contribution < 1.29 is 13.9 Å². The number of carbonyl (C=O) groups excluding carboxylic acids is 1. The number of H-pyrrole nitrogens is 1. The minimum absolute atomic E-state index is 0.190. The minimum atomic E-state index is -0.311. The molecular weight excluding hydrogens is 273 g/mol. The molecule has 0 radical (unpaired) electrons. The summed E-state index contributed by atoms with van der Waals surface area (Å²) in [6.45, 7) is 4.10. The van der Waals surface area contributed by atoms with Gasteiger partial charge in [-0.1, -0.05) is 6.92 Å². The maximum atomic E-state index is 12.8. The molecule has 0 aliphatic heterocycles. The molecule has 21 heavy (non-hydrogen) atoms. The number of rotatable bonds is 6. The molecule has 0 bridgehead atoms. The number of aryl methyl sites for hydroxylation is 1. The van der Waals surface area contributed by atoms with Gasteiger partial charge in [0.2, 0.25) is 0 Å². The number of nitrogens with one attached hydrogen (secondary N) is 2. The lowest BCUT2D eigenvalue weighted by molar-refractivity contribution is 0.0921. The zero-order valence-electron chi connectivity index (χ0n) is 12.0. The van der Waals surface area contributed by atoms with Crippen LogP contribution in [0.4, 0.5) is 4.39 Å². The standard InChI is InChI=1S/C15H18FN3O2/c1-3-12-8-14(19-18-12)15(20)17-10(2)9-21-13-6-4-11(16)5-7-13/h4-8,10H,3,9H2,1-2H3,(H,17,20)(H,18,19). The van der Waals surface area contributed by atoms with Crippen molar-refractivity contribution in [3.8, 4) is 5.75 Å². The molecule has 0 fully saturated rings. The van der Waals surface area contributed by atoms with E-state index in [1.165, 1.54) is 12.1 Å². The van der Waals surface area contributed by atoms with Gasteiger partial charge in [0, 0.05) is 5.69 Å². The molecule has 1 aromatic heterocycles. The van der Waals surface area contributed by atoms with E-state index >= 15 is 0 Å². The second kappa shape index (κ2) is 6.88. The summed E-state index contributed by atoms with van der Waals surface area (Å²) in [6.07, 6.45) is 0.795. The van der Waals surface area contributed by atoms with E-state index in [-0.39, 0.29) is 17.8 Å². The van der Waals surface area contributed by atoms with E-state index < -0.39 is 0 Å². The third-order valence-electron chi connectivity index (χ3n) is 2.94. The summed E-state index contributed by atoms with van der Waals surface area (Å²) in [5.41, 5.74) is 1.27. The first-order chi connectivity index (χ1) is 10.1. The van der Waals surface area contributed by atoms with Crippen LogP contribution < -0.4 is 10.1 Å². The number of hydrogen-bond donors (Lipinski definition) is 2. The van der Waals surface area contributed by atoms with Gasteiger partial charge in [-0.3, -0.25) is 9.89 Å². The summed E-state index contributed by atoms with van der Waals surface area (Å²) < 4.78 is 18.2. The summed E-state index contributed by atoms with van der Waals surface area (Å²) in [6, 6.07) is 7.28. The van der Waals surface area contributed by atoms with E-state index in [4.69, 9.17) is 4.74 Å². The van der Waals surface area contributed by atoms with Gasteiger partial charge in [-0.25, -0.2) is 4.39 Å². The number of amides is 1. The topological polar surface area (TPSA) is 67.0 Å². The zero-order chi connectivity index (χ0) is 15.2. The number of nitrogens with zero attached hydrogens (tertiary/aromatic N) is 1. The molecule has 2 rings (SSSR count). The lowest BCUT2D eigenvalue weighted by atomic mass is 10.3. The fourth-order valence-electron chi connectivity index (χ4n) is 1.75. The quantitative estimate of drug-likeness (QED) is 0.858. The van der Waals surface area contributed by atoms with Crippen LogP contribution in [0.1, 0.15) is 30.0 Å². The first-order valence-electron chi connectivity index (χ1n) is 6.82. The van der Waals surface area contributed by atoms with Crippen molar-refractivity contribution in [1.29, 1.82) is 0 Å². The van der Waals surface area contributed by atoms with Gasteiger partial charge in [0.05, 0.1) is 6.04 Å². The maximum Gasteiger partial charge on any atom is 0.272 e. The Morgan fingerprint density at radius 1 is 1.43 bits per heavy atom. The highest BCUT2D eigenvalue weighted by Crippen LogP contribution is 2.11. The van der Waals surface area contributed by atoms with Crippen LogP contribution in [-0.4, -0.2) is 28.8 Å². The number of aromatic amines is 1. The first-order valence-corrected chi connectivity index (χ1v) is 6.82. The van der Waals surface area contributed by atoms with Crippen molar-refractivity contribution in [3.63, 3.8) is 0 Å². The van der Waals surface area contributed by atoms with Gasteiger partial charge < -0.3 is 10.1 Å². The van der Waals surface area contributed by atoms with E-state index in [2.05, 4.69) is 15.5 Å². The molecule has 6 heteroatoms. The molecule has 0 aliphatic carbocycles. The second-order valence-corrected chi connectivity index (χ2v) is 4.77. The molecule has 1 heterocycles. The molecule has 0 saturated heterocycles. The zero-order valence-corrected chi connectivity index (χ0v) is 12.0. The van der Waals surface area contributed by atoms with Gasteiger partial charge in [0.15, 0.2) is 0 Å². The normalized spacial score (nSPS) is 12.0. The molecule has 1 unspecified atom stereocenters. The fraction of sp³-hybridized carbons (Fsp3) is 0.333. The van der Waals surface area contributed by atoms with Gasteiger partial charge in [0.1, 0.15) is 23.9 Å². The van der Waals surface area contributed by atoms with Crippen molar-refractivity contribution in [2.24, 2.45) is 0 Å². The van der Waals surface area contributed by atoms with Crippen LogP contribution in [0.3, 0.4) is 0 Å². The molecule has 2 aromatic rings. The Labute approximate surface area is 122 Å². The number of halogens is 1. The van der Waals surface area contributed by atoms with E-state index in [9.17, 15) is 9.18 Å². The van der Waals surface area contributed by atoms with Crippen LogP contribution in [0, 0.1) is 5.82 Å². The Balaban J connectivity index is 1.82. The lowest BCUT2D eigenvalue weighted by Crippen LogP contribution is -2.37. The summed E-state index contributed by atoms with van der Waals surface area (Å²) in [7, 11) is 0. The van der Waals surface area contributed by atoms with Crippen molar-refractivity contribution in [2.45, 2.75) is 26.3 Å². The fourth-order valence-corrected chi connectivity index (χ4v) is 1.75. The van der Waals surface area contributed by atoms with Gasteiger partial charge in [0.25, 0.3) is 5.91 Å². The minimum Gasteiger partial charge on any atom is -0.491 e. The first kappa shape index (κ1) is 15.0. The Morgan fingerprint density at radius 3 is 2.76 bits per heavy atom. The predicted octanol–water partition coefficient (Wildman–Crippen LogP) is 2.31. The third-order valence-corrected chi connectivity index (χ3v) is 2.94. The number of carbonyl (C=O) groups is 1. The molecule has 0 aliphatic rings. The Bertz CT molecular complexity index is 595. The van der Waals surface area contributed by atoms with Crippen LogP contribution in [0.15, 0.2) is 30.3 Å². The summed E-state index contributed by atoms with van der Waals surface area (Å²) in [5, 5.41) is 9.54. The Kier molecular flexibility index (Phi) is 4.92. The largest absolute Gasteiger partial charge is 0.491 e.